The molecule has 1 N–H and O–H groups in total. The van der Waals surface area contributed by atoms with Gasteiger partial charge in [0.1, 0.15) is 5.82 Å². The van der Waals surface area contributed by atoms with Crippen molar-refractivity contribution in [3.05, 3.63) is 46.7 Å². The van der Waals surface area contributed by atoms with Crippen molar-refractivity contribution in [1.29, 1.82) is 0 Å². The van der Waals surface area contributed by atoms with Crippen LogP contribution in [0, 0.1) is 5.82 Å². The number of rotatable bonds is 4. The minimum Gasteiger partial charge on any atom is -0.302 e. The Hall–Kier alpha value is -1.79. The Morgan fingerprint density at radius 1 is 1.39 bits per heavy atom. The number of nitrogens with one attached hydrogen (secondary N) is 1. The van der Waals surface area contributed by atoms with Crippen LogP contribution < -0.4 is 5.32 Å². The molecule has 0 saturated carbocycles. The van der Waals surface area contributed by atoms with Gasteiger partial charge in [-0.25, -0.2) is 9.37 Å². The number of amides is 1. The van der Waals surface area contributed by atoms with Gasteiger partial charge in [0.2, 0.25) is 5.91 Å². The van der Waals surface area contributed by atoms with Gasteiger partial charge in [0.05, 0.1) is 0 Å². The number of piperidine rings is 1. The first kappa shape index (κ1) is 16.1. The van der Waals surface area contributed by atoms with E-state index in [1.54, 1.807) is 12.1 Å². The van der Waals surface area contributed by atoms with E-state index in [9.17, 15) is 9.18 Å². The van der Waals surface area contributed by atoms with E-state index in [1.165, 1.54) is 18.3 Å². The predicted octanol–water partition coefficient (Wildman–Crippen LogP) is 3.62. The molecule has 1 saturated heterocycles. The Bertz CT molecular complexity index is 680. The molecule has 2 aromatic rings. The summed E-state index contributed by atoms with van der Waals surface area (Å²) in [5.74, 6) is 0.119. The van der Waals surface area contributed by atoms with E-state index in [2.05, 4.69) is 15.2 Å². The van der Waals surface area contributed by atoms with E-state index in [-0.39, 0.29) is 11.7 Å². The highest BCUT2D eigenvalue weighted by Gasteiger charge is 2.23. The number of nitrogens with zero attached hydrogens (tertiary/aromatic N) is 2. The van der Waals surface area contributed by atoms with E-state index in [0.717, 1.165) is 42.9 Å². The molecule has 0 atom stereocenters. The summed E-state index contributed by atoms with van der Waals surface area (Å²) in [6.07, 6.45) is 3.76. The highest BCUT2D eigenvalue weighted by atomic mass is 32.1. The minimum atomic E-state index is -0.100. The van der Waals surface area contributed by atoms with Crippen LogP contribution in [0.5, 0.6) is 0 Å². The van der Waals surface area contributed by atoms with Crippen molar-refractivity contribution in [2.45, 2.75) is 32.2 Å². The lowest BCUT2D eigenvalue weighted by Gasteiger charge is -2.31. The molecule has 23 heavy (non-hydrogen) atoms. The molecule has 3 rings (SSSR count). The summed E-state index contributed by atoms with van der Waals surface area (Å²) >= 11 is 1.51. The van der Waals surface area contributed by atoms with Gasteiger partial charge in [0.25, 0.3) is 0 Å². The molecule has 0 unspecified atom stereocenters. The number of hydrogen-bond acceptors (Lipinski definition) is 4. The van der Waals surface area contributed by atoms with E-state index in [0.29, 0.717) is 11.0 Å². The molecule has 0 bridgehead atoms. The van der Waals surface area contributed by atoms with E-state index >= 15 is 0 Å². The van der Waals surface area contributed by atoms with Gasteiger partial charge in [-0.05, 0) is 43.5 Å². The highest BCUT2D eigenvalue weighted by Crippen LogP contribution is 2.31. The zero-order valence-corrected chi connectivity index (χ0v) is 13.9. The van der Waals surface area contributed by atoms with Crippen molar-refractivity contribution in [1.82, 2.24) is 9.88 Å². The number of thiazole rings is 1. The number of benzene rings is 1. The first-order chi connectivity index (χ1) is 11.1. The Labute approximate surface area is 139 Å². The summed E-state index contributed by atoms with van der Waals surface area (Å²) in [5, 5.41) is 3.35. The van der Waals surface area contributed by atoms with Crippen molar-refractivity contribution in [2.75, 3.05) is 18.4 Å². The molecule has 1 aliphatic heterocycles. The molecule has 1 aromatic heterocycles. The summed E-state index contributed by atoms with van der Waals surface area (Å²) in [6.45, 7) is 4.22. The van der Waals surface area contributed by atoms with Gasteiger partial charge < -0.3 is 5.32 Å². The summed E-state index contributed by atoms with van der Waals surface area (Å²) in [4.78, 5) is 18.7. The Kier molecular flexibility index (Phi) is 5.03. The number of anilines is 1. The molecule has 6 heteroatoms. The van der Waals surface area contributed by atoms with Crippen molar-refractivity contribution in [3.8, 4) is 0 Å². The SMILES string of the molecule is CC(=O)Nc1ncc(CN2CCC(c3ccccc3F)CC2)s1. The lowest BCUT2D eigenvalue weighted by Crippen LogP contribution is -2.32. The molecule has 2 heterocycles. The lowest BCUT2D eigenvalue weighted by atomic mass is 9.89. The first-order valence-corrected chi connectivity index (χ1v) is 8.62. The Morgan fingerprint density at radius 2 is 2.13 bits per heavy atom. The highest BCUT2D eigenvalue weighted by molar-refractivity contribution is 7.15. The van der Waals surface area contributed by atoms with Crippen molar-refractivity contribution in [2.24, 2.45) is 0 Å². The van der Waals surface area contributed by atoms with E-state index in [4.69, 9.17) is 0 Å². The maximum absolute atomic E-state index is 13.9. The van der Waals surface area contributed by atoms with Crippen LogP contribution in [-0.4, -0.2) is 28.9 Å². The van der Waals surface area contributed by atoms with Gasteiger partial charge in [0, 0.05) is 24.5 Å². The van der Waals surface area contributed by atoms with Crippen LogP contribution in [0.3, 0.4) is 0 Å². The molecular formula is C17H20FN3OS. The second-order valence-electron chi connectivity index (χ2n) is 5.88. The number of carbonyl (C=O) groups excluding carboxylic acids is 1. The number of halogens is 1. The van der Waals surface area contributed by atoms with E-state index < -0.39 is 0 Å². The minimum absolute atomic E-state index is 0.0895. The largest absolute Gasteiger partial charge is 0.302 e. The molecule has 0 aliphatic carbocycles. The monoisotopic (exact) mass is 333 g/mol. The second kappa shape index (κ2) is 7.19. The predicted molar refractivity (Wildman–Crippen MR) is 90.1 cm³/mol. The number of aromatic nitrogens is 1. The van der Waals surface area contributed by atoms with Gasteiger partial charge in [0.15, 0.2) is 5.13 Å². The van der Waals surface area contributed by atoms with Crippen LogP contribution >= 0.6 is 11.3 Å². The lowest BCUT2D eigenvalue weighted by molar-refractivity contribution is -0.114. The van der Waals surface area contributed by atoms with Gasteiger partial charge >= 0.3 is 0 Å². The second-order valence-corrected chi connectivity index (χ2v) is 7.00. The molecule has 1 amide bonds. The third-order valence-electron chi connectivity index (χ3n) is 4.15. The number of carbonyl (C=O) groups is 1. The van der Waals surface area contributed by atoms with Crippen LogP contribution in [-0.2, 0) is 11.3 Å². The van der Waals surface area contributed by atoms with Crippen LogP contribution in [0.15, 0.2) is 30.5 Å². The van der Waals surface area contributed by atoms with Gasteiger partial charge in [-0.2, -0.15) is 0 Å². The van der Waals surface area contributed by atoms with Crippen LogP contribution in [0.25, 0.3) is 0 Å². The van der Waals surface area contributed by atoms with Crippen LogP contribution in [0.2, 0.25) is 0 Å². The molecule has 0 spiro atoms. The van der Waals surface area contributed by atoms with Crippen molar-refractivity contribution >= 4 is 22.4 Å². The normalized spacial score (nSPS) is 16.4. The zero-order valence-electron chi connectivity index (χ0n) is 13.1. The fraction of sp³-hybridized carbons (Fsp3) is 0.412. The molecule has 122 valence electrons. The molecule has 4 nitrogen and oxygen atoms in total. The number of likely N-dealkylation sites (tertiary alicyclic amines) is 1. The zero-order chi connectivity index (χ0) is 16.2. The third kappa shape index (κ3) is 4.14. The van der Waals surface area contributed by atoms with Crippen molar-refractivity contribution in [3.63, 3.8) is 0 Å². The van der Waals surface area contributed by atoms with Gasteiger partial charge in [-0.15, -0.1) is 11.3 Å². The van der Waals surface area contributed by atoms with Crippen LogP contribution in [0.1, 0.15) is 36.1 Å². The third-order valence-corrected chi connectivity index (χ3v) is 5.05. The van der Waals surface area contributed by atoms with Gasteiger partial charge in [-0.3, -0.25) is 9.69 Å². The fourth-order valence-electron chi connectivity index (χ4n) is 3.02. The standard InChI is InChI=1S/C17H20FN3OS/c1-12(22)20-17-19-10-14(23-17)11-21-8-6-13(7-9-21)15-4-2-3-5-16(15)18/h2-5,10,13H,6-9,11H2,1H3,(H,19,20,22). The summed E-state index contributed by atoms with van der Waals surface area (Å²) < 4.78 is 13.9. The maximum atomic E-state index is 13.9. The van der Waals surface area contributed by atoms with Crippen LogP contribution in [0.4, 0.5) is 9.52 Å². The summed E-state index contributed by atoms with van der Waals surface area (Å²) in [5.41, 5.74) is 0.845. The summed E-state index contributed by atoms with van der Waals surface area (Å²) in [6, 6.07) is 7.09. The van der Waals surface area contributed by atoms with Crippen molar-refractivity contribution < 1.29 is 9.18 Å². The maximum Gasteiger partial charge on any atom is 0.223 e. The molecule has 1 aliphatic rings. The van der Waals surface area contributed by atoms with E-state index in [1.807, 2.05) is 18.3 Å². The smallest absolute Gasteiger partial charge is 0.223 e. The molecule has 0 radical (unpaired) electrons. The summed E-state index contributed by atoms with van der Waals surface area (Å²) in [7, 11) is 0. The molecule has 1 aromatic carbocycles. The quantitative estimate of drug-likeness (QED) is 0.929. The fourth-order valence-corrected chi connectivity index (χ4v) is 3.92. The molecular weight excluding hydrogens is 313 g/mol. The Morgan fingerprint density at radius 3 is 2.83 bits per heavy atom. The average Bonchev–Trinajstić information content (AvgIpc) is 2.95. The van der Waals surface area contributed by atoms with Gasteiger partial charge in [-0.1, -0.05) is 18.2 Å². The first-order valence-electron chi connectivity index (χ1n) is 7.81. The number of hydrogen-bond donors (Lipinski definition) is 1. The average molecular weight is 333 g/mol. The molecule has 1 fully saturated rings. The Balaban J connectivity index is 1.54. The topological polar surface area (TPSA) is 45.2 Å².